The van der Waals surface area contributed by atoms with Gasteiger partial charge in [-0.2, -0.15) is 0 Å². The van der Waals surface area contributed by atoms with Crippen LogP contribution in [0.5, 0.6) is 0 Å². The summed E-state index contributed by atoms with van der Waals surface area (Å²) in [5.41, 5.74) is 0. The highest BCUT2D eigenvalue weighted by Crippen LogP contribution is 2.28. The van der Waals surface area contributed by atoms with Crippen molar-refractivity contribution < 1.29 is 0 Å². The molecule has 0 heterocycles. The molecule has 1 fully saturated rings. The second-order valence-electron chi connectivity index (χ2n) is 3.99. The van der Waals surface area contributed by atoms with Crippen LogP contribution >= 0.6 is 11.6 Å². The Balaban J connectivity index is 2.07. The Hall–Kier alpha value is 0.250. The fourth-order valence-corrected chi connectivity index (χ4v) is 2.09. The van der Waals surface area contributed by atoms with Crippen LogP contribution in [0, 0.1) is 5.92 Å². The van der Waals surface area contributed by atoms with Crippen LogP contribution in [0.3, 0.4) is 0 Å². The molecule has 1 aliphatic carbocycles. The third-order valence-corrected chi connectivity index (χ3v) is 3.24. The molecule has 3 unspecified atom stereocenters. The van der Waals surface area contributed by atoms with Crippen molar-refractivity contribution in [3.05, 3.63) is 0 Å². The van der Waals surface area contributed by atoms with Crippen LogP contribution < -0.4 is 5.32 Å². The van der Waals surface area contributed by atoms with E-state index < -0.39 is 0 Å². The lowest BCUT2D eigenvalue weighted by Crippen LogP contribution is -2.29. The van der Waals surface area contributed by atoms with Gasteiger partial charge in [-0.15, -0.1) is 11.6 Å². The number of halogens is 1. The molecular weight excluding hydrogens is 170 g/mol. The highest BCUT2D eigenvalue weighted by Gasteiger charge is 2.22. The molecule has 12 heavy (non-hydrogen) atoms. The smallest absolute Gasteiger partial charge is 0.0339 e. The number of hydrogen-bond acceptors (Lipinski definition) is 1. The molecule has 0 amide bonds. The molecular formula is C10H20ClN. The molecule has 0 aromatic heterocycles. The van der Waals surface area contributed by atoms with Gasteiger partial charge in [0.2, 0.25) is 0 Å². The van der Waals surface area contributed by atoms with E-state index in [0.717, 1.165) is 12.5 Å². The van der Waals surface area contributed by atoms with Crippen LogP contribution in [0.15, 0.2) is 0 Å². The number of hydrogen-bond donors (Lipinski definition) is 1. The summed E-state index contributed by atoms with van der Waals surface area (Å²) in [6, 6.07) is 0.666. The quantitative estimate of drug-likeness (QED) is 0.671. The summed E-state index contributed by atoms with van der Waals surface area (Å²) < 4.78 is 0. The average Bonchev–Trinajstić information content (AvgIpc) is 2.47. The minimum Gasteiger partial charge on any atom is -0.314 e. The molecule has 0 saturated heterocycles. The van der Waals surface area contributed by atoms with Crippen LogP contribution in [-0.4, -0.2) is 18.0 Å². The van der Waals surface area contributed by atoms with Gasteiger partial charge in [0, 0.05) is 11.4 Å². The van der Waals surface area contributed by atoms with Crippen molar-refractivity contribution in [2.24, 2.45) is 5.92 Å². The van der Waals surface area contributed by atoms with E-state index in [0.29, 0.717) is 11.4 Å². The highest BCUT2D eigenvalue weighted by atomic mass is 35.5. The van der Waals surface area contributed by atoms with E-state index in [9.17, 15) is 0 Å². The van der Waals surface area contributed by atoms with E-state index in [1.54, 1.807) is 0 Å². The van der Waals surface area contributed by atoms with Gasteiger partial charge in [0.05, 0.1) is 0 Å². The van der Waals surface area contributed by atoms with Gasteiger partial charge in [-0.05, 0) is 45.1 Å². The lowest BCUT2D eigenvalue weighted by Gasteiger charge is -2.15. The van der Waals surface area contributed by atoms with Crippen LogP contribution in [0.25, 0.3) is 0 Å². The maximum Gasteiger partial charge on any atom is 0.0339 e. The highest BCUT2D eigenvalue weighted by molar-refractivity contribution is 6.20. The Labute approximate surface area is 80.9 Å². The van der Waals surface area contributed by atoms with Crippen molar-refractivity contribution in [1.82, 2.24) is 5.32 Å². The summed E-state index contributed by atoms with van der Waals surface area (Å²) in [7, 11) is 0. The Morgan fingerprint density at radius 1 is 1.50 bits per heavy atom. The monoisotopic (exact) mass is 189 g/mol. The predicted molar refractivity (Wildman–Crippen MR) is 54.7 cm³/mol. The maximum atomic E-state index is 6.03. The zero-order valence-corrected chi connectivity index (χ0v) is 8.90. The van der Waals surface area contributed by atoms with Crippen molar-refractivity contribution in [3.8, 4) is 0 Å². The molecule has 0 aliphatic heterocycles. The Kier molecular flexibility index (Phi) is 4.38. The molecule has 1 N–H and O–H groups in total. The lowest BCUT2D eigenvalue weighted by atomic mass is 10.1. The van der Waals surface area contributed by atoms with Crippen LogP contribution in [0.2, 0.25) is 0 Å². The molecule has 0 radical (unpaired) electrons. The van der Waals surface area contributed by atoms with E-state index in [4.69, 9.17) is 11.6 Å². The summed E-state index contributed by atoms with van der Waals surface area (Å²) in [4.78, 5) is 0. The summed E-state index contributed by atoms with van der Waals surface area (Å²) in [5.74, 6) is 0.835. The summed E-state index contributed by atoms with van der Waals surface area (Å²) >= 11 is 6.03. The Bertz CT molecular complexity index is 127. The number of rotatable bonds is 4. The molecule has 1 aliphatic rings. The number of alkyl halides is 1. The average molecular weight is 190 g/mol. The van der Waals surface area contributed by atoms with Crippen LogP contribution in [0.1, 0.15) is 39.5 Å². The summed E-state index contributed by atoms with van der Waals surface area (Å²) in [6.07, 6.45) is 4.97. The molecule has 0 aromatic carbocycles. The molecule has 1 saturated carbocycles. The van der Waals surface area contributed by atoms with Gasteiger partial charge in [0.15, 0.2) is 0 Å². The van der Waals surface area contributed by atoms with Gasteiger partial charge in [-0.3, -0.25) is 0 Å². The minimum atomic E-state index is 0.453. The first-order valence-electron chi connectivity index (χ1n) is 5.09. The SMILES string of the molecule is CCC(C)NCC1CCC(Cl)C1. The fraction of sp³-hybridized carbons (Fsp3) is 1.00. The van der Waals surface area contributed by atoms with Crippen LogP contribution in [0.4, 0.5) is 0 Å². The first-order chi connectivity index (χ1) is 5.72. The first-order valence-corrected chi connectivity index (χ1v) is 5.53. The molecule has 3 atom stereocenters. The fourth-order valence-electron chi connectivity index (χ4n) is 1.71. The first kappa shape index (κ1) is 10.3. The molecule has 1 nitrogen and oxygen atoms in total. The van der Waals surface area contributed by atoms with Gasteiger partial charge < -0.3 is 5.32 Å². The van der Waals surface area contributed by atoms with Crippen molar-refractivity contribution in [1.29, 1.82) is 0 Å². The normalized spacial score (nSPS) is 32.2. The molecule has 0 bridgehead atoms. The summed E-state index contributed by atoms with van der Waals surface area (Å²) in [6.45, 7) is 5.63. The third kappa shape index (κ3) is 3.32. The van der Waals surface area contributed by atoms with Gasteiger partial charge in [-0.1, -0.05) is 6.92 Å². The predicted octanol–water partition coefficient (Wildman–Crippen LogP) is 2.78. The molecule has 2 heteroatoms. The van der Waals surface area contributed by atoms with Crippen molar-refractivity contribution in [2.45, 2.75) is 50.9 Å². The van der Waals surface area contributed by atoms with E-state index in [-0.39, 0.29) is 0 Å². The maximum absolute atomic E-state index is 6.03. The molecule has 0 spiro atoms. The minimum absolute atomic E-state index is 0.453. The van der Waals surface area contributed by atoms with Crippen molar-refractivity contribution in [2.75, 3.05) is 6.54 Å². The van der Waals surface area contributed by atoms with E-state index in [1.165, 1.54) is 25.7 Å². The molecule has 72 valence electrons. The van der Waals surface area contributed by atoms with Gasteiger partial charge in [-0.25, -0.2) is 0 Å². The largest absolute Gasteiger partial charge is 0.314 e. The van der Waals surface area contributed by atoms with Gasteiger partial charge >= 0.3 is 0 Å². The van der Waals surface area contributed by atoms with E-state index in [1.807, 2.05) is 0 Å². The second kappa shape index (κ2) is 5.08. The number of nitrogens with one attached hydrogen (secondary N) is 1. The van der Waals surface area contributed by atoms with E-state index >= 15 is 0 Å². The van der Waals surface area contributed by atoms with E-state index in [2.05, 4.69) is 19.2 Å². The summed E-state index contributed by atoms with van der Waals surface area (Å²) in [5, 5.41) is 3.99. The topological polar surface area (TPSA) is 12.0 Å². The Morgan fingerprint density at radius 3 is 2.75 bits per heavy atom. The standard InChI is InChI=1S/C10H20ClN/c1-3-8(2)12-7-9-4-5-10(11)6-9/h8-10,12H,3-7H2,1-2H3. The van der Waals surface area contributed by atoms with Gasteiger partial charge in [0.1, 0.15) is 0 Å². The zero-order chi connectivity index (χ0) is 8.97. The lowest BCUT2D eigenvalue weighted by molar-refractivity contribution is 0.440. The zero-order valence-electron chi connectivity index (χ0n) is 8.15. The van der Waals surface area contributed by atoms with Gasteiger partial charge in [0.25, 0.3) is 0 Å². The molecule has 1 rings (SSSR count). The van der Waals surface area contributed by atoms with Crippen molar-refractivity contribution >= 4 is 11.6 Å². The van der Waals surface area contributed by atoms with Crippen molar-refractivity contribution in [3.63, 3.8) is 0 Å². The third-order valence-electron chi connectivity index (χ3n) is 2.84. The van der Waals surface area contributed by atoms with Crippen LogP contribution in [-0.2, 0) is 0 Å². The molecule has 0 aromatic rings. The Morgan fingerprint density at radius 2 is 2.25 bits per heavy atom. The second-order valence-corrected chi connectivity index (χ2v) is 4.61.